The van der Waals surface area contributed by atoms with Crippen LogP contribution >= 0.6 is 23.2 Å². The summed E-state index contributed by atoms with van der Waals surface area (Å²) in [5, 5.41) is 4.02. The van der Waals surface area contributed by atoms with Gasteiger partial charge in [-0.3, -0.25) is 4.79 Å². The maximum absolute atomic E-state index is 12.5. The average Bonchev–Trinajstić information content (AvgIpc) is 2.65. The Kier molecular flexibility index (Phi) is 7.66. The third-order valence-corrected chi connectivity index (χ3v) is 4.62. The van der Waals surface area contributed by atoms with Crippen LogP contribution in [0.5, 0.6) is 11.5 Å². The van der Waals surface area contributed by atoms with E-state index in [4.69, 9.17) is 37.4 Å². The number of hydrogen-bond donors (Lipinski definition) is 1. The Bertz CT molecular complexity index is 715. The Morgan fingerprint density at radius 3 is 2.54 bits per heavy atom. The van der Waals surface area contributed by atoms with Gasteiger partial charge in [-0.1, -0.05) is 36.2 Å². The molecule has 26 heavy (non-hydrogen) atoms. The first-order chi connectivity index (χ1) is 12.5. The summed E-state index contributed by atoms with van der Waals surface area (Å²) < 4.78 is 16.3. The van der Waals surface area contributed by atoms with Crippen molar-refractivity contribution in [3.05, 3.63) is 45.7 Å². The highest BCUT2D eigenvalue weighted by Crippen LogP contribution is 2.30. The molecule has 0 aliphatic heterocycles. The van der Waals surface area contributed by atoms with E-state index in [2.05, 4.69) is 5.32 Å². The van der Waals surface area contributed by atoms with Crippen LogP contribution in [-0.4, -0.2) is 26.2 Å². The number of hydrogen-bond acceptors (Lipinski definition) is 4. The van der Waals surface area contributed by atoms with Crippen molar-refractivity contribution < 1.29 is 19.0 Å². The molecule has 0 spiro atoms. The van der Waals surface area contributed by atoms with E-state index in [1.165, 1.54) is 0 Å². The Morgan fingerprint density at radius 1 is 1.19 bits per heavy atom. The maximum atomic E-state index is 12.5. The zero-order valence-corrected chi connectivity index (χ0v) is 16.6. The van der Waals surface area contributed by atoms with Gasteiger partial charge < -0.3 is 19.5 Å². The van der Waals surface area contributed by atoms with Crippen molar-refractivity contribution in [2.45, 2.75) is 38.8 Å². The lowest BCUT2D eigenvalue weighted by Crippen LogP contribution is -2.35. The molecule has 1 atom stereocenters. The van der Waals surface area contributed by atoms with E-state index in [0.717, 1.165) is 5.56 Å². The van der Waals surface area contributed by atoms with Crippen molar-refractivity contribution in [1.29, 1.82) is 0 Å². The molecule has 0 heterocycles. The number of halogens is 2. The summed E-state index contributed by atoms with van der Waals surface area (Å²) in [6.07, 6.45) is 2.84. The van der Waals surface area contributed by atoms with Crippen LogP contribution in [0.4, 0.5) is 0 Å². The fourth-order valence-electron chi connectivity index (χ4n) is 2.55. The predicted molar refractivity (Wildman–Crippen MR) is 103 cm³/mol. The van der Waals surface area contributed by atoms with Gasteiger partial charge >= 0.3 is 0 Å². The van der Waals surface area contributed by atoms with Crippen LogP contribution in [0.3, 0.4) is 0 Å². The first-order valence-electron chi connectivity index (χ1n) is 8.38. The number of methoxy groups -OCH3 is 2. The predicted octanol–water partition coefficient (Wildman–Crippen LogP) is 4.48. The van der Waals surface area contributed by atoms with E-state index in [1.807, 2.05) is 19.1 Å². The first kappa shape index (κ1) is 20.5. The van der Waals surface area contributed by atoms with Crippen LogP contribution in [0.1, 0.15) is 31.7 Å². The Hall–Kier alpha value is -1.85. The third-order valence-electron chi connectivity index (χ3n) is 4.00. The molecule has 1 aliphatic rings. The Labute approximate surface area is 163 Å². The van der Waals surface area contributed by atoms with Gasteiger partial charge in [-0.05, 0) is 36.6 Å². The molecule has 1 aliphatic carbocycles. The van der Waals surface area contributed by atoms with Crippen LogP contribution in [0, 0.1) is 0 Å². The van der Waals surface area contributed by atoms with Crippen molar-refractivity contribution in [1.82, 2.24) is 5.32 Å². The average molecular weight is 400 g/mol. The number of nitrogens with one attached hydrogen (secondary N) is 1. The summed E-state index contributed by atoms with van der Waals surface area (Å²) in [5.41, 5.74) is 0.899. The van der Waals surface area contributed by atoms with Gasteiger partial charge in [0, 0.05) is 18.0 Å². The lowest BCUT2D eigenvalue weighted by Gasteiger charge is -2.22. The van der Waals surface area contributed by atoms with E-state index < -0.39 is 6.10 Å². The summed E-state index contributed by atoms with van der Waals surface area (Å²) >= 11 is 12.1. The minimum Gasteiger partial charge on any atom is -0.493 e. The lowest BCUT2D eigenvalue weighted by molar-refractivity contribution is -0.130. The molecule has 0 radical (unpaired) electrons. The van der Waals surface area contributed by atoms with Gasteiger partial charge in [-0.25, -0.2) is 0 Å². The molecule has 1 N–H and O–H groups in total. The molecule has 5 nitrogen and oxygen atoms in total. The maximum Gasteiger partial charge on any atom is 0.261 e. The summed E-state index contributed by atoms with van der Waals surface area (Å²) in [6, 6.07) is 5.50. The number of amides is 1. The molecule has 2 rings (SSSR count). The second kappa shape index (κ2) is 9.74. The highest BCUT2D eigenvalue weighted by atomic mass is 35.5. The monoisotopic (exact) mass is 399 g/mol. The molecule has 0 fully saturated rings. The van der Waals surface area contributed by atoms with Crippen LogP contribution in [0.15, 0.2) is 40.1 Å². The van der Waals surface area contributed by atoms with Crippen molar-refractivity contribution >= 4 is 29.1 Å². The molecule has 0 saturated heterocycles. The van der Waals surface area contributed by atoms with Gasteiger partial charge in [-0.2, -0.15) is 0 Å². The van der Waals surface area contributed by atoms with Gasteiger partial charge in [0.05, 0.1) is 19.3 Å². The molecule has 0 saturated carbocycles. The van der Waals surface area contributed by atoms with Gasteiger partial charge in [0.2, 0.25) is 0 Å². The normalized spacial score (nSPS) is 15.2. The molecule has 1 aromatic carbocycles. The molecule has 7 heteroatoms. The van der Waals surface area contributed by atoms with Crippen molar-refractivity contribution in [3.63, 3.8) is 0 Å². The second-order valence-corrected chi connectivity index (χ2v) is 6.68. The van der Waals surface area contributed by atoms with Gasteiger partial charge in [0.1, 0.15) is 5.76 Å². The van der Waals surface area contributed by atoms with Crippen LogP contribution in [-0.2, 0) is 16.1 Å². The fraction of sp³-hybridized carbons (Fsp3) is 0.421. The zero-order valence-electron chi connectivity index (χ0n) is 15.1. The van der Waals surface area contributed by atoms with Crippen molar-refractivity contribution in [2.24, 2.45) is 0 Å². The number of rotatable bonds is 8. The zero-order chi connectivity index (χ0) is 19.1. The lowest BCUT2D eigenvalue weighted by atomic mass is 10.1. The molecular weight excluding hydrogens is 377 g/mol. The van der Waals surface area contributed by atoms with Crippen LogP contribution in [0.25, 0.3) is 0 Å². The van der Waals surface area contributed by atoms with Crippen LogP contribution < -0.4 is 14.8 Å². The van der Waals surface area contributed by atoms with Crippen molar-refractivity contribution in [3.8, 4) is 11.5 Å². The summed E-state index contributed by atoms with van der Waals surface area (Å²) in [7, 11) is 3.15. The van der Waals surface area contributed by atoms with Gasteiger partial charge in [0.15, 0.2) is 17.6 Å². The number of carbonyl (C=O) groups excluding carboxylic acids is 1. The second-order valence-electron chi connectivity index (χ2n) is 5.78. The first-order valence-corrected chi connectivity index (χ1v) is 9.14. The molecule has 142 valence electrons. The summed E-state index contributed by atoms with van der Waals surface area (Å²) in [5.74, 6) is 1.66. The topological polar surface area (TPSA) is 56.8 Å². The quantitative estimate of drug-likeness (QED) is 0.699. The Morgan fingerprint density at radius 2 is 1.92 bits per heavy atom. The van der Waals surface area contributed by atoms with Crippen molar-refractivity contribution in [2.75, 3.05) is 14.2 Å². The number of ether oxygens (including phenoxy) is 3. The van der Waals surface area contributed by atoms with E-state index in [0.29, 0.717) is 53.1 Å². The summed E-state index contributed by atoms with van der Waals surface area (Å²) in [4.78, 5) is 12.5. The molecular formula is C19H23Cl2NO4. The van der Waals surface area contributed by atoms with E-state index in [9.17, 15) is 4.79 Å². The van der Waals surface area contributed by atoms with Crippen LogP contribution in [0.2, 0.25) is 0 Å². The molecule has 1 aromatic rings. The van der Waals surface area contributed by atoms with E-state index >= 15 is 0 Å². The standard InChI is InChI=1S/C19H23Cl2NO4/c1-4-15(26-16-8-6-13(20)10-14(16)21)19(23)22-11-12-5-7-17(24-2)18(9-12)25-3/h5,7,9-10,15H,4,6,8,11H2,1-3H3,(H,22,23). The number of carbonyl (C=O) groups is 1. The Balaban J connectivity index is 1.98. The van der Waals surface area contributed by atoms with E-state index in [-0.39, 0.29) is 5.91 Å². The minimum atomic E-state index is -0.607. The third kappa shape index (κ3) is 5.32. The molecule has 0 bridgehead atoms. The molecule has 1 amide bonds. The van der Waals surface area contributed by atoms with E-state index in [1.54, 1.807) is 26.4 Å². The smallest absolute Gasteiger partial charge is 0.261 e. The highest BCUT2D eigenvalue weighted by molar-refractivity contribution is 6.35. The molecule has 0 aromatic heterocycles. The summed E-state index contributed by atoms with van der Waals surface area (Å²) in [6.45, 7) is 2.25. The van der Waals surface area contributed by atoms with Gasteiger partial charge in [0.25, 0.3) is 5.91 Å². The fourth-order valence-corrected chi connectivity index (χ4v) is 3.08. The SMILES string of the molecule is CCC(OC1=C(Cl)C=C(Cl)CC1)C(=O)NCc1ccc(OC)c(OC)c1. The van der Waals surface area contributed by atoms with Gasteiger partial charge in [-0.15, -0.1) is 0 Å². The number of benzene rings is 1. The largest absolute Gasteiger partial charge is 0.493 e. The molecule has 1 unspecified atom stereocenters. The highest BCUT2D eigenvalue weighted by Gasteiger charge is 2.22. The number of allylic oxidation sites excluding steroid dienone is 4. The minimum absolute atomic E-state index is 0.195.